The molecule has 0 aromatic rings. The summed E-state index contributed by atoms with van der Waals surface area (Å²) < 4.78 is 0. The van der Waals surface area contributed by atoms with E-state index in [1.54, 1.807) is 6.92 Å². The van der Waals surface area contributed by atoms with Crippen molar-refractivity contribution < 1.29 is 9.59 Å². The van der Waals surface area contributed by atoms with Crippen molar-refractivity contribution in [3.8, 4) is 0 Å². The highest BCUT2D eigenvalue weighted by Gasteiger charge is 2.20. The van der Waals surface area contributed by atoms with Crippen LogP contribution >= 0.6 is 0 Å². The molecule has 0 atom stereocenters. The van der Waals surface area contributed by atoms with Crippen molar-refractivity contribution >= 4 is 11.7 Å². The molecule has 0 saturated carbocycles. The van der Waals surface area contributed by atoms with Gasteiger partial charge < -0.3 is 4.90 Å². The number of amides is 1. The molecule has 1 fully saturated rings. The molecule has 0 aromatic carbocycles. The van der Waals surface area contributed by atoms with Crippen LogP contribution in [0.15, 0.2) is 0 Å². The average molecular weight is 226 g/mol. The van der Waals surface area contributed by atoms with E-state index in [-0.39, 0.29) is 11.7 Å². The second kappa shape index (κ2) is 6.63. The van der Waals surface area contributed by atoms with Crippen LogP contribution in [0.1, 0.15) is 33.1 Å². The first-order valence-corrected chi connectivity index (χ1v) is 6.13. The van der Waals surface area contributed by atoms with Crippen LogP contribution in [0.2, 0.25) is 0 Å². The summed E-state index contributed by atoms with van der Waals surface area (Å²) in [6.07, 6.45) is 2.71. The number of nitrogens with zero attached hydrogens (tertiary/aromatic N) is 2. The predicted octanol–water partition coefficient (Wildman–Crippen LogP) is 0.910. The Kier molecular flexibility index (Phi) is 5.46. The second-order valence-corrected chi connectivity index (χ2v) is 4.46. The largest absolute Gasteiger partial charge is 0.340 e. The third kappa shape index (κ3) is 4.31. The molecule has 92 valence electrons. The van der Waals surface area contributed by atoms with Crippen LogP contribution in [-0.4, -0.2) is 54.2 Å². The Hall–Kier alpha value is -0.900. The SMILES string of the molecule is CCCCC(=O)N1CCN(CC(C)=O)CC1. The van der Waals surface area contributed by atoms with Gasteiger partial charge in [-0.25, -0.2) is 0 Å². The van der Waals surface area contributed by atoms with Gasteiger partial charge in [-0.05, 0) is 13.3 Å². The number of Topliss-reactive ketones (excluding diaryl/α,β-unsaturated/α-hetero) is 1. The van der Waals surface area contributed by atoms with Crippen LogP contribution in [-0.2, 0) is 9.59 Å². The summed E-state index contributed by atoms with van der Waals surface area (Å²) >= 11 is 0. The highest BCUT2D eigenvalue weighted by atomic mass is 16.2. The van der Waals surface area contributed by atoms with E-state index in [0.717, 1.165) is 39.0 Å². The van der Waals surface area contributed by atoms with Gasteiger partial charge in [0.2, 0.25) is 5.91 Å². The molecule has 0 radical (unpaired) electrons. The fourth-order valence-corrected chi connectivity index (χ4v) is 1.96. The molecule has 16 heavy (non-hydrogen) atoms. The van der Waals surface area contributed by atoms with Gasteiger partial charge in [-0.3, -0.25) is 14.5 Å². The van der Waals surface area contributed by atoms with Gasteiger partial charge in [0.05, 0.1) is 6.54 Å². The summed E-state index contributed by atoms with van der Waals surface area (Å²) in [4.78, 5) is 26.7. The number of ketones is 1. The normalized spacial score (nSPS) is 17.5. The maximum atomic E-state index is 11.7. The first-order chi connectivity index (χ1) is 7.63. The van der Waals surface area contributed by atoms with E-state index in [0.29, 0.717) is 13.0 Å². The lowest BCUT2D eigenvalue weighted by atomic mass is 10.2. The standard InChI is InChI=1S/C12H22N2O2/c1-3-4-5-12(16)14-8-6-13(7-9-14)10-11(2)15/h3-10H2,1-2H3. The van der Waals surface area contributed by atoms with Crippen molar-refractivity contribution in [1.82, 2.24) is 9.80 Å². The molecule has 0 spiro atoms. The Morgan fingerprint density at radius 3 is 2.25 bits per heavy atom. The minimum Gasteiger partial charge on any atom is -0.340 e. The third-order valence-corrected chi connectivity index (χ3v) is 2.92. The topological polar surface area (TPSA) is 40.6 Å². The molecule has 1 saturated heterocycles. The molecule has 1 amide bonds. The lowest BCUT2D eigenvalue weighted by molar-refractivity contribution is -0.133. The number of hydrogen-bond acceptors (Lipinski definition) is 3. The molecule has 0 N–H and O–H groups in total. The average Bonchev–Trinajstić information content (AvgIpc) is 2.26. The zero-order chi connectivity index (χ0) is 12.0. The molecule has 1 rings (SSSR count). The van der Waals surface area contributed by atoms with E-state index in [2.05, 4.69) is 11.8 Å². The number of hydrogen-bond donors (Lipinski definition) is 0. The van der Waals surface area contributed by atoms with E-state index < -0.39 is 0 Å². The van der Waals surface area contributed by atoms with Gasteiger partial charge >= 0.3 is 0 Å². The molecular formula is C12H22N2O2. The Morgan fingerprint density at radius 2 is 1.75 bits per heavy atom. The summed E-state index contributed by atoms with van der Waals surface area (Å²) in [5.74, 6) is 0.468. The highest BCUT2D eigenvalue weighted by molar-refractivity contribution is 5.78. The smallest absolute Gasteiger partial charge is 0.222 e. The Balaban J connectivity index is 2.25. The summed E-state index contributed by atoms with van der Waals surface area (Å²) in [6.45, 7) is 7.44. The van der Waals surface area contributed by atoms with Crippen LogP contribution in [0.25, 0.3) is 0 Å². The minimum atomic E-state index is 0.200. The zero-order valence-electron chi connectivity index (χ0n) is 10.4. The summed E-state index contributed by atoms with van der Waals surface area (Å²) in [6, 6.07) is 0. The Bertz CT molecular complexity index is 245. The van der Waals surface area contributed by atoms with Crippen LogP contribution in [0.3, 0.4) is 0 Å². The van der Waals surface area contributed by atoms with E-state index in [1.165, 1.54) is 0 Å². The van der Waals surface area contributed by atoms with Crippen LogP contribution in [0.5, 0.6) is 0 Å². The van der Waals surface area contributed by atoms with Gasteiger partial charge in [0.1, 0.15) is 5.78 Å². The monoisotopic (exact) mass is 226 g/mol. The zero-order valence-corrected chi connectivity index (χ0v) is 10.4. The van der Waals surface area contributed by atoms with Crippen LogP contribution in [0.4, 0.5) is 0 Å². The number of carbonyl (C=O) groups is 2. The van der Waals surface area contributed by atoms with Crippen LogP contribution < -0.4 is 0 Å². The number of rotatable bonds is 5. The van der Waals surface area contributed by atoms with E-state index in [9.17, 15) is 9.59 Å². The molecule has 1 aliphatic rings. The molecule has 0 unspecified atom stereocenters. The Morgan fingerprint density at radius 1 is 1.12 bits per heavy atom. The molecule has 1 heterocycles. The van der Waals surface area contributed by atoms with Crippen molar-refractivity contribution in [1.29, 1.82) is 0 Å². The molecule has 4 heteroatoms. The van der Waals surface area contributed by atoms with Gasteiger partial charge in [0.25, 0.3) is 0 Å². The number of unbranched alkanes of at least 4 members (excludes halogenated alkanes) is 1. The summed E-state index contributed by atoms with van der Waals surface area (Å²) in [7, 11) is 0. The third-order valence-electron chi connectivity index (χ3n) is 2.92. The lowest BCUT2D eigenvalue weighted by Gasteiger charge is -2.34. The summed E-state index contributed by atoms with van der Waals surface area (Å²) in [5.41, 5.74) is 0. The molecule has 0 aliphatic carbocycles. The van der Waals surface area contributed by atoms with Gasteiger partial charge in [0.15, 0.2) is 0 Å². The van der Waals surface area contributed by atoms with Crippen molar-refractivity contribution in [3.05, 3.63) is 0 Å². The fraction of sp³-hybridized carbons (Fsp3) is 0.833. The van der Waals surface area contributed by atoms with Crippen molar-refractivity contribution in [3.63, 3.8) is 0 Å². The van der Waals surface area contributed by atoms with E-state index >= 15 is 0 Å². The predicted molar refractivity (Wildman–Crippen MR) is 63.2 cm³/mol. The first-order valence-electron chi connectivity index (χ1n) is 6.13. The van der Waals surface area contributed by atoms with Gasteiger partial charge in [-0.1, -0.05) is 13.3 Å². The minimum absolute atomic E-state index is 0.200. The van der Waals surface area contributed by atoms with Crippen LogP contribution in [0, 0.1) is 0 Å². The van der Waals surface area contributed by atoms with Crippen molar-refractivity contribution in [2.75, 3.05) is 32.7 Å². The highest BCUT2D eigenvalue weighted by Crippen LogP contribution is 2.06. The quantitative estimate of drug-likeness (QED) is 0.699. The number of carbonyl (C=O) groups excluding carboxylic acids is 2. The van der Waals surface area contributed by atoms with E-state index in [1.807, 2.05) is 4.90 Å². The maximum Gasteiger partial charge on any atom is 0.222 e. The molecule has 0 bridgehead atoms. The number of piperazine rings is 1. The maximum absolute atomic E-state index is 11.7. The van der Waals surface area contributed by atoms with Gasteiger partial charge in [0, 0.05) is 32.6 Å². The summed E-state index contributed by atoms with van der Waals surface area (Å²) in [5, 5.41) is 0. The van der Waals surface area contributed by atoms with Crippen molar-refractivity contribution in [2.45, 2.75) is 33.1 Å². The lowest BCUT2D eigenvalue weighted by Crippen LogP contribution is -2.49. The fourth-order valence-electron chi connectivity index (χ4n) is 1.96. The molecular weight excluding hydrogens is 204 g/mol. The van der Waals surface area contributed by atoms with E-state index in [4.69, 9.17) is 0 Å². The second-order valence-electron chi connectivity index (χ2n) is 4.46. The molecule has 1 aliphatic heterocycles. The molecule has 0 aromatic heterocycles. The van der Waals surface area contributed by atoms with Gasteiger partial charge in [-0.2, -0.15) is 0 Å². The van der Waals surface area contributed by atoms with Crippen molar-refractivity contribution in [2.24, 2.45) is 0 Å². The Labute approximate surface area is 97.6 Å². The first kappa shape index (κ1) is 13.2. The molecule has 4 nitrogen and oxygen atoms in total. The van der Waals surface area contributed by atoms with Gasteiger partial charge in [-0.15, -0.1) is 0 Å².